The third-order valence-corrected chi connectivity index (χ3v) is 8.42. The molecule has 2 saturated heterocycles. The van der Waals surface area contributed by atoms with Gasteiger partial charge >= 0.3 is 6.09 Å². The summed E-state index contributed by atoms with van der Waals surface area (Å²) in [7, 11) is 1.29. The molecule has 0 spiro atoms. The van der Waals surface area contributed by atoms with E-state index in [0.717, 1.165) is 70.9 Å². The van der Waals surface area contributed by atoms with E-state index in [-0.39, 0.29) is 18.6 Å². The number of hydrogen-bond acceptors (Lipinski definition) is 11. The molecule has 0 aliphatic carbocycles. The number of methoxy groups -OCH3 is 1. The van der Waals surface area contributed by atoms with Gasteiger partial charge in [0.2, 0.25) is 6.41 Å². The van der Waals surface area contributed by atoms with Crippen molar-refractivity contribution in [1.29, 1.82) is 0 Å². The molecule has 4 heterocycles. The fourth-order valence-electron chi connectivity index (χ4n) is 4.72. The Balaban J connectivity index is 0.000000222. The van der Waals surface area contributed by atoms with Gasteiger partial charge < -0.3 is 25.4 Å². The predicted molar refractivity (Wildman–Crippen MR) is 162 cm³/mol. The Labute approximate surface area is 244 Å². The number of likely N-dealkylation sites (tertiary alicyclic amines) is 1. The van der Waals surface area contributed by atoms with E-state index in [4.69, 9.17) is 0 Å². The van der Waals surface area contributed by atoms with E-state index >= 15 is 0 Å². The highest BCUT2D eigenvalue weighted by Gasteiger charge is 2.39. The van der Waals surface area contributed by atoms with Gasteiger partial charge in [-0.3, -0.25) is 14.7 Å². The lowest BCUT2D eigenvalue weighted by atomic mass is 10.2. The summed E-state index contributed by atoms with van der Waals surface area (Å²) in [5.41, 5.74) is 3.04. The van der Waals surface area contributed by atoms with Crippen LogP contribution in [0.25, 0.3) is 5.70 Å². The summed E-state index contributed by atoms with van der Waals surface area (Å²) in [6.45, 7) is 11.9. The van der Waals surface area contributed by atoms with Crippen LogP contribution in [0.2, 0.25) is 0 Å². The van der Waals surface area contributed by atoms with Crippen molar-refractivity contribution in [2.45, 2.75) is 51.8 Å². The molecule has 3 N–H and O–H groups in total. The molecule has 4 rings (SSSR count). The highest BCUT2D eigenvalue weighted by Crippen LogP contribution is 2.29. The number of aromatic nitrogens is 2. The van der Waals surface area contributed by atoms with E-state index < -0.39 is 12.2 Å². The molecule has 11 nitrogen and oxygen atoms in total. The monoisotopic (exact) mass is 589 g/mol. The number of alkyl carbamates (subject to hydrolysis) is 1. The van der Waals surface area contributed by atoms with Crippen LogP contribution in [-0.4, -0.2) is 101 Å². The summed E-state index contributed by atoms with van der Waals surface area (Å²) in [6, 6.07) is 4.56. The Morgan fingerprint density at radius 3 is 2.60 bits per heavy atom. The summed E-state index contributed by atoms with van der Waals surface area (Å²) in [5, 5.41) is 18.7. The number of aliphatic hydroxyl groups is 1. The van der Waals surface area contributed by atoms with Crippen molar-refractivity contribution in [3.8, 4) is 0 Å². The highest BCUT2D eigenvalue weighted by atomic mass is 32.2. The Morgan fingerprint density at radius 2 is 2.05 bits per heavy atom. The second-order valence-electron chi connectivity index (χ2n) is 9.70. The molecule has 2 fully saturated rings. The number of aryl methyl sites for hydroxylation is 3. The molecule has 0 aromatic carbocycles. The van der Waals surface area contributed by atoms with E-state index in [0.29, 0.717) is 6.54 Å². The Bertz CT molecular complexity index is 1140. The number of piperazine rings is 1. The topological polar surface area (TPSA) is 132 Å². The number of thiazole rings is 1. The molecule has 2 aromatic heterocycles. The van der Waals surface area contributed by atoms with Gasteiger partial charge in [0.15, 0.2) is 0 Å². The van der Waals surface area contributed by atoms with E-state index in [2.05, 4.69) is 41.9 Å². The molecular weight excluding hydrogens is 550 g/mol. The highest BCUT2D eigenvalue weighted by molar-refractivity contribution is 8.02. The number of nitrogens with zero attached hydrogens (tertiary/aromatic N) is 5. The second-order valence-corrected chi connectivity index (χ2v) is 11.8. The van der Waals surface area contributed by atoms with E-state index in [1.165, 1.54) is 7.11 Å². The molecule has 3 atom stereocenters. The van der Waals surface area contributed by atoms with E-state index in [1.54, 1.807) is 23.1 Å². The third kappa shape index (κ3) is 9.29. The molecule has 218 valence electrons. The summed E-state index contributed by atoms with van der Waals surface area (Å²) in [4.78, 5) is 39.8. The van der Waals surface area contributed by atoms with E-state index in [1.807, 2.05) is 49.4 Å². The number of pyridine rings is 1. The number of carbonyl (C=O) groups is 2. The molecule has 2 bridgehead atoms. The van der Waals surface area contributed by atoms with Gasteiger partial charge in [-0.05, 0) is 57.4 Å². The van der Waals surface area contributed by atoms with Gasteiger partial charge in [-0.1, -0.05) is 6.07 Å². The second kappa shape index (κ2) is 15.7. The number of aliphatic imine (C=N–C) groups is 1. The maximum Gasteiger partial charge on any atom is 0.406 e. The number of amides is 2. The van der Waals surface area contributed by atoms with Gasteiger partial charge in [0.05, 0.1) is 40.4 Å². The molecule has 2 aliphatic rings. The quantitative estimate of drug-likeness (QED) is 0.156. The maximum absolute atomic E-state index is 11.0. The largest absolute Gasteiger partial charge is 0.453 e. The molecule has 40 heavy (non-hydrogen) atoms. The lowest BCUT2D eigenvalue weighted by Gasteiger charge is -2.39. The minimum atomic E-state index is -0.624. The van der Waals surface area contributed by atoms with Crippen LogP contribution in [0.3, 0.4) is 0 Å². The summed E-state index contributed by atoms with van der Waals surface area (Å²) < 4.78 is 4.44. The number of fused-ring (bicyclic) bond motifs is 2. The van der Waals surface area contributed by atoms with Crippen LogP contribution >= 0.6 is 23.1 Å². The van der Waals surface area contributed by atoms with Crippen molar-refractivity contribution in [2.75, 3.05) is 44.5 Å². The van der Waals surface area contributed by atoms with Crippen LogP contribution < -0.4 is 10.6 Å². The molecule has 0 radical (unpaired) electrons. The number of β-amino-alcohol motifs (C(OH)–C–C–N with tert-alkyl or cyclic N) is 1. The molecule has 2 aliphatic heterocycles. The van der Waals surface area contributed by atoms with Crippen LogP contribution in [0.5, 0.6) is 0 Å². The van der Waals surface area contributed by atoms with Crippen molar-refractivity contribution in [1.82, 2.24) is 25.1 Å². The first kappa shape index (κ1) is 31.5. The van der Waals surface area contributed by atoms with Crippen LogP contribution in [0.4, 0.5) is 10.6 Å². The first-order valence-electron chi connectivity index (χ1n) is 13.1. The minimum Gasteiger partial charge on any atom is -0.453 e. The standard InChI is InChI=1S/C15H18N4S2.C12H21N3O4/c1-10-5-6-14(17-7-10)18-9-20-8-13(16-4)15-11(2)19-12(3)21-15;1-19-12(18)13-4-11(17)7-14-5-9-2-3-10(6-14)15(9)8-16/h5-8H,4,9H2,1-3H3,(H,17,18);8-11,17H,2-7H2,1H3,(H,13,18)/b13-8-;/t;9-,10+,11?. The van der Waals surface area contributed by atoms with Crippen LogP contribution in [-0.2, 0) is 9.53 Å². The van der Waals surface area contributed by atoms with Crippen LogP contribution in [0.1, 0.15) is 34.0 Å². The molecule has 0 saturated carbocycles. The van der Waals surface area contributed by atoms with Crippen molar-refractivity contribution in [3.05, 3.63) is 44.9 Å². The fourth-order valence-corrected chi connectivity index (χ4v) is 6.36. The smallest absolute Gasteiger partial charge is 0.406 e. The van der Waals surface area contributed by atoms with Crippen molar-refractivity contribution in [3.63, 3.8) is 0 Å². The van der Waals surface area contributed by atoms with Gasteiger partial charge in [-0.25, -0.2) is 14.8 Å². The predicted octanol–water partition coefficient (Wildman–Crippen LogP) is 3.27. The Hall–Kier alpha value is -3.00. The van der Waals surface area contributed by atoms with Crippen molar-refractivity contribution in [2.24, 2.45) is 4.99 Å². The number of nitrogens with one attached hydrogen (secondary N) is 2. The number of aliphatic hydroxyl groups excluding tert-OH is 1. The maximum atomic E-state index is 11.0. The Morgan fingerprint density at radius 1 is 1.32 bits per heavy atom. The lowest BCUT2D eigenvalue weighted by molar-refractivity contribution is -0.123. The number of rotatable bonds is 11. The lowest BCUT2D eigenvalue weighted by Crippen LogP contribution is -2.55. The summed E-state index contributed by atoms with van der Waals surface area (Å²) in [6.07, 6.45) is 3.70. The van der Waals surface area contributed by atoms with Gasteiger partial charge in [0, 0.05) is 44.5 Å². The normalized spacial score (nSPS) is 19.3. The number of hydrogen-bond donors (Lipinski definition) is 3. The zero-order chi connectivity index (χ0) is 29.1. The van der Waals surface area contributed by atoms with Gasteiger partial charge in [0.25, 0.3) is 0 Å². The van der Waals surface area contributed by atoms with E-state index in [9.17, 15) is 14.7 Å². The third-order valence-electron chi connectivity index (χ3n) is 6.62. The van der Waals surface area contributed by atoms with Crippen molar-refractivity contribution >= 4 is 53.8 Å². The van der Waals surface area contributed by atoms with Crippen LogP contribution in [0, 0.1) is 20.8 Å². The average Bonchev–Trinajstić information content (AvgIpc) is 3.41. The zero-order valence-electron chi connectivity index (χ0n) is 23.5. The molecule has 13 heteroatoms. The number of thioether (sulfide) groups is 1. The van der Waals surface area contributed by atoms with Gasteiger partial charge in [-0.2, -0.15) is 0 Å². The molecule has 2 amide bonds. The zero-order valence-corrected chi connectivity index (χ0v) is 25.1. The molecular formula is C27H39N7O4S2. The fraction of sp³-hybridized carbons (Fsp3) is 0.519. The SMILES string of the molecule is C=N/C(=C\SCNc1ccc(C)cn1)c1sc(C)nc1C.COC(=O)NCC(O)CN1C[C@H]2CC[C@@H](C1)N2C=O. The molecule has 1 unspecified atom stereocenters. The summed E-state index contributed by atoms with van der Waals surface area (Å²) in [5.74, 6) is 1.60. The summed E-state index contributed by atoms with van der Waals surface area (Å²) >= 11 is 3.27. The minimum absolute atomic E-state index is 0.176. The van der Waals surface area contributed by atoms with Gasteiger partial charge in [-0.15, -0.1) is 23.1 Å². The van der Waals surface area contributed by atoms with Crippen LogP contribution in [0.15, 0.2) is 28.7 Å². The average molecular weight is 590 g/mol. The first-order chi connectivity index (χ1) is 19.2. The van der Waals surface area contributed by atoms with Gasteiger partial charge in [0.1, 0.15) is 5.82 Å². The number of ether oxygens (including phenoxy) is 1. The first-order valence-corrected chi connectivity index (χ1v) is 14.9. The number of anilines is 1. The van der Waals surface area contributed by atoms with Crippen molar-refractivity contribution < 1.29 is 19.4 Å². The molecule has 2 aromatic rings. The Kier molecular flexibility index (Phi) is 12.4. The number of carbonyl (C=O) groups excluding carboxylic acids is 2.